The third-order valence-electron chi connectivity index (χ3n) is 1.35. The fraction of sp³-hybridized carbons (Fsp3) is 0.857. The molecule has 1 heteroatoms. The molecule has 1 atom stereocenters. The van der Waals surface area contributed by atoms with Crippen LogP contribution >= 0.6 is 0 Å². The van der Waals surface area contributed by atoms with Crippen LogP contribution in [0.2, 0.25) is 0 Å². The van der Waals surface area contributed by atoms with Crippen molar-refractivity contribution >= 4 is 0 Å². The number of nitrogens with two attached hydrogens (primary N) is 1. The Hall–Kier alpha value is -0.0400. The van der Waals surface area contributed by atoms with Gasteiger partial charge in [-0.1, -0.05) is 13.8 Å². The molecule has 0 aromatic carbocycles. The molecule has 0 spiro atoms. The molecule has 0 saturated heterocycles. The van der Waals surface area contributed by atoms with Crippen molar-refractivity contribution in [1.29, 1.82) is 0 Å². The first kappa shape index (κ1) is 7.96. The molecule has 1 radical (unpaired) electrons. The molecule has 0 heterocycles. The van der Waals surface area contributed by atoms with Crippen LogP contribution in [0.5, 0.6) is 0 Å². The lowest BCUT2D eigenvalue weighted by molar-refractivity contribution is 0.592. The van der Waals surface area contributed by atoms with Gasteiger partial charge in [0, 0.05) is 6.04 Å². The Labute approximate surface area is 52.3 Å². The van der Waals surface area contributed by atoms with Gasteiger partial charge in [0.2, 0.25) is 0 Å². The molecule has 0 fully saturated rings. The van der Waals surface area contributed by atoms with E-state index in [1.165, 1.54) is 0 Å². The third kappa shape index (κ3) is 4.13. The Bertz CT molecular complexity index is 43.7. The summed E-state index contributed by atoms with van der Waals surface area (Å²) < 4.78 is 0. The van der Waals surface area contributed by atoms with E-state index in [2.05, 4.69) is 20.3 Å². The number of rotatable bonds is 4. The summed E-state index contributed by atoms with van der Waals surface area (Å²) in [6.07, 6.45) is 5.57. The van der Waals surface area contributed by atoms with Gasteiger partial charge in [-0.3, -0.25) is 0 Å². The Kier molecular flexibility index (Phi) is 5.08. The quantitative estimate of drug-likeness (QED) is 0.591. The Morgan fingerprint density at radius 1 is 1.62 bits per heavy atom. The zero-order valence-electron chi connectivity index (χ0n) is 5.85. The number of unbranched alkanes of at least 4 members (excludes halogenated alkanes) is 1. The molecular weight excluding hydrogens is 98.1 g/mol. The lowest BCUT2D eigenvalue weighted by atomic mass is 10.1. The first-order valence-electron chi connectivity index (χ1n) is 3.34. The number of hydrogen-bond acceptors (Lipinski definition) is 1. The van der Waals surface area contributed by atoms with Crippen molar-refractivity contribution in [2.75, 3.05) is 0 Å². The van der Waals surface area contributed by atoms with Crippen molar-refractivity contribution in [3.8, 4) is 0 Å². The average Bonchev–Trinajstić information content (AvgIpc) is 1.83. The Balaban J connectivity index is 2.86. The molecule has 0 aliphatic rings. The topological polar surface area (TPSA) is 26.0 Å². The lowest BCUT2D eigenvalue weighted by Crippen LogP contribution is -2.17. The van der Waals surface area contributed by atoms with E-state index in [4.69, 9.17) is 5.73 Å². The lowest BCUT2D eigenvalue weighted by Gasteiger charge is -2.04. The minimum absolute atomic E-state index is 0.422. The fourth-order valence-corrected chi connectivity index (χ4v) is 0.585. The van der Waals surface area contributed by atoms with E-state index in [9.17, 15) is 0 Å². The van der Waals surface area contributed by atoms with E-state index in [-0.39, 0.29) is 0 Å². The van der Waals surface area contributed by atoms with Crippen LogP contribution in [0, 0.1) is 6.42 Å². The first-order chi connectivity index (χ1) is 3.81. The van der Waals surface area contributed by atoms with Crippen molar-refractivity contribution in [1.82, 2.24) is 0 Å². The molecule has 0 aromatic heterocycles. The van der Waals surface area contributed by atoms with Gasteiger partial charge in [0.15, 0.2) is 0 Å². The molecule has 8 heavy (non-hydrogen) atoms. The smallest absolute Gasteiger partial charge is 0.00363 e. The van der Waals surface area contributed by atoms with Gasteiger partial charge in [0.25, 0.3) is 0 Å². The fourth-order valence-electron chi connectivity index (χ4n) is 0.585. The zero-order valence-corrected chi connectivity index (χ0v) is 5.85. The van der Waals surface area contributed by atoms with Crippen LogP contribution in [0.3, 0.4) is 0 Å². The highest BCUT2D eigenvalue weighted by molar-refractivity contribution is 4.63. The highest BCUT2D eigenvalue weighted by Gasteiger charge is 1.94. The van der Waals surface area contributed by atoms with Crippen molar-refractivity contribution in [2.45, 2.75) is 39.2 Å². The minimum atomic E-state index is 0.422. The Morgan fingerprint density at radius 2 is 2.25 bits per heavy atom. The highest BCUT2D eigenvalue weighted by atomic mass is 14.6. The van der Waals surface area contributed by atoms with Gasteiger partial charge in [-0.05, 0) is 25.7 Å². The van der Waals surface area contributed by atoms with Gasteiger partial charge >= 0.3 is 0 Å². The molecule has 0 aliphatic heterocycles. The van der Waals surface area contributed by atoms with E-state index in [1.807, 2.05) is 0 Å². The first-order valence-corrected chi connectivity index (χ1v) is 3.34. The number of hydrogen-bond donors (Lipinski definition) is 1. The normalized spacial score (nSPS) is 13.9. The second kappa shape index (κ2) is 5.10. The summed E-state index contributed by atoms with van der Waals surface area (Å²) in [6, 6.07) is 0.422. The van der Waals surface area contributed by atoms with Gasteiger partial charge in [0.1, 0.15) is 0 Å². The summed E-state index contributed by atoms with van der Waals surface area (Å²) in [4.78, 5) is 0. The monoisotopic (exact) mass is 114 g/mol. The molecular formula is C7H16N. The largest absolute Gasteiger partial charge is 0.328 e. The minimum Gasteiger partial charge on any atom is -0.328 e. The average molecular weight is 114 g/mol. The van der Waals surface area contributed by atoms with Gasteiger partial charge in [-0.25, -0.2) is 0 Å². The van der Waals surface area contributed by atoms with Crippen LogP contribution in [-0.4, -0.2) is 6.04 Å². The van der Waals surface area contributed by atoms with Crippen LogP contribution in [-0.2, 0) is 0 Å². The predicted molar refractivity (Wildman–Crippen MR) is 37.5 cm³/mol. The second-order valence-corrected chi connectivity index (χ2v) is 2.15. The third-order valence-corrected chi connectivity index (χ3v) is 1.35. The van der Waals surface area contributed by atoms with E-state index < -0.39 is 0 Å². The van der Waals surface area contributed by atoms with E-state index in [0.29, 0.717) is 6.04 Å². The van der Waals surface area contributed by atoms with Gasteiger partial charge in [-0.2, -0.15) is 0 Å². The van der Waals surface area contributed by atoms with E-state index in [1.54, 1.807) is 0 Å². The molecule has 1 unspecified atom stereocenters. The molecule has 0 aromatic rings. The molecule has 0 rings (SSSR count). The molecule has 0 saturated carbocycles. The highest BCUT2D eigenvalue weighted by Crippen LogP contribution is 1.98. The van der Waals surface area contributed by atoms with Crippen LogP contribution in [0.1, 0.15) is 33.1 Å². The predicted octanol–water partition coefficient (Wildman–Crippen LogP) is 1.73. The summed E-state index contributed by atoms with van der Waals surface area (Å²) in [5.74, 6) is 0. The summed E-state index contributed by atoms with van der Waals surface area (Å²) in [7, 11) is 0. The molecule has 2 N–H and O–H groups in total. The molecule has 0 aliphatic carbocycles. The summed E-state index contributed by atoms with van der Waals surface area (Å²) in [5.41, 5.74) is 5.64. The van der Waals surface area contributed by atoms with Crippen molar-refractivity contribution < 1.29 is 0 Å². The van der Waals surface area contributed by atoms with Gasteiger partial charge in [0.05, 0.1) is 0 Å². The zero-order chi connectivity index (χ0) is 6.41. The SMILES string of the molecule is C[CH]CCC(N)CC. The van der Waals surface area contributed by atoms with Crippen LogP contribution in [0.25, 0.3) is 0 Å². The maximum absolute atomic E-state index is 5.64. The molecule has 49 valence electrons. The standard InChI is InChI=1S/C7H16N/c1-3-5-6-7(8)4-2/h3,7H,4-6,8H2,1-2H3. The van der Waals surface area contributed by atoms with Crippen LogP contribution in [0.4, 0.5) is 0 Å². The Morgan fingerprint density at radius 3 is 2.62 bits per heavy atom. The maximum Gasteiger partial charge on any atom is 0.00363 e. The summed E-state index contributed by atoms with van der Waals surface area (Å²) >= 11 is 0. The van der Waals surface area contributed by atoms with Crippen molar-refractivity contribution in [3.05, 3.63) is 6.42 Å². The van der Waals surface area contributed by atoms with Crippen molar-refractivity contribution in [2.24, 2.45) is 5.73 Å². The van der Waals surface area contributed by atoms with Crippen molar-refractivity contribution in [3.63, 3.8) is 0 Å². The summed E-state index contributed by atoms with van der Waals surface area (Å²) in [5, 5.41) is 0. The van der Waals surface area contributed by atoms with Crippen LogP contribution < -0.4 is 5.73 Å². The van der Waals surface area contributed by atoms with E-state index in [0.717, 1.165) is 19.3 Å². The maximum atomic E-state index is 5.64. The van der Waals surface area contributed by atoms with Gasteiger partial charge in [-0.15, -0.1) is 0 Å². The van der Waals surface area contributed by atoms with Crippen LogP contribution in [0.15, 0.2) is 0 Å². The second-order valence-electron chi connectivity index (χ2n) is 2.15. The molecule has 0 bridgehead atoms. The van der Waals surface area contributed by atoms with Gasteiger partial charge < -0.3 is 5.73 Å². The molecule has 1 nitrogen and oxygen atoms in total. The van der Waals surface area contributed by atoms with E-state index >= 15 is 0 Å². The molecule has 0 amide bonds. The summed E-state index contributed by atoms with van der Waals surface area (Å²) in [6.45, 7) is 4.20.